The smallest absolute Gasteiger partial charge is 0.306 e. The molecule has 0 aliphatic carbocycles. The zero-order valence-corrected chi connectivity index (χ0v) is 10.5. The maximum absolute atomic E-state index is 11.1. The first-order chi connectivity index (χ1) is 7.63. The number of benzene rings is 1. The lowest BCUT2D eigenvalue weighted by Gasteiger charge is -2.03. The Balaban J connectivity index is 0.00000256. The van der Waals surface area contributed by atoms with Gasteiger partial charge in [0, 0.05) is 12.0 Å². The third-order valence-electron chi connectivity index (χ3n) is 2.19. The van der Waals surface area contributed by atoms with Crippen molar-refractivity contribution < 1.29 is 9.53 Å². The van der Waals surface area contributed by atoms with E-state index in [2.05, 4.69) is 0 Å². The normalized spacial score (nSPS) is 9.24. The summed E-state index contributed by atoms with van der Waals surface area (Å²) in [5.41, 5.74) is 7.07. The van der Waals surface area contributed by atoms with Gasteiger partial charge in [-0.3, -0.25) is 10.2 Å². The number of aryl methyl sites for hydroxylation is 1. The number of nitrogens with two attached hydrogens (primary N) is 1. The Morgan fingerprint density at radius 1 is 1.35 bits per heavy atom. The fraction of sp³-hybridized carbons (Fsp3) is 0.333. The molecule has 0 radical (unpaired) electrons. The number of hydrogen-bond donors (Lipinski definition) is 2. The number of hydrogen-bond acceptors (Lipinski definition) is 3. The predicted molar refractivity (Wildman–Crippen MR) is 69.7 cm³/mol. The Morgan fingerprint density at radius 2 is 1.94 bits per heavy atom. The SMILES string of the molecule is CCOC(=O)CCc1ccc(C(=N)N)cc1.Cl. The van der Waals surface area contributed by atoms with Crippen LogP contribution in [0.2, 0.25) is 0 Å². The van der Waals surface area contributed by atoms with Crippen LogP contribution in [-0.2, 0) is 16.0 Å². The van der Waals surface area contributed by atoms with E-state index in [-0.39, 0.29) is 24.2 Å². The van der Waals surface area contributed by atoms with Crippen LogP contribution in [0.15, 0.2) is 24.3 Å². The van der Waals surface area contributed by atoms with E-state index in [9.17, 15) is 4.79 Å². The Hall–Kier alpha value is -1.55. The van der Waals surface area contributed by atoms with Crippen molar-refractivity contribution in [2.24, 2.45) is 5.73 Å². The molecule has 0 atom stereocenters. The van der Waals surface area contributed by atoms with Crippen LogP contribution in [0.3, 0.4) is 0 Å². The third kappa shape index (κ3) is 5.36. The standard InChI is InChI=1S/C12H16N2O2.ClH/c1-2-16-11(15)8-5-9-3-6-10(7-4-9)12(13)14;/h3-4,6-7H,2,5,8H2,1H3,(H3,13,14);1H. The molecule has 0 bridgehead atoms. The van der Waals surface area contributed by atoms with Gasteiger partial charge in [-0.15, -0.1) is 12.4 Å². The Bertz CT molecular complexity index is 377. The molecule has 3 N–H and O–H groups in total. The van der Waals surface area contributed by atoms with Gasteiger partial charge in [0.2, 0.25) is 0 Å². The van der Waals surface area contributed by atoms with Crippen LogP contribution in [0.1, 0.15) is 24.5 Å². The maximum atomic E-state index is 11.1. The van der Waals surface area contributed by atoms with E-state index in [4.69, 9.17) is 15.9 Å². The second-order valence-corrected chi connectivity index (χ2v) is 3.42. The minimum Gasteiger partial charge on any atom is -0.466 e. The van der Waals surface area contributed by atoms with Crippen LogP contribution < -0.4 is 5.73 Å². The van der Waals surface area contributed by atoms with Crippen LogP contribution in [0.5, 0.6) is 0 Å². The lowest BCUT2D eigenvalue weighted by atomic mass is 10.1. The highest BCUT2D eigenvalue weighted by atomic mass is 35.5. The summed E-state index contributed by atoms with van der Waals surface area (Å²) in [5, 5.41) is 7.23. The van der Waals surface area contributed by atoms with Gasteiger partial charge < -0.3 is 10.5 Å². The van der Waals surface area contributed by atoms with E-state index in [1.165, 1.54) is 0 Å². The molecule has 0 fully saturated rings. The second-order valence-electron chi connectivity index (χ2n) is 3.42. The zero-order chi connectivity index (χ0) is 12.0. The number of ether oxygens (including phenoxy) is 1. The average Bonchev–Trinajstić information content (AvgIpc) is 2.27. The molecule has 0 aliphatic heterocycles. The molecule has 1 aromatic carbocycles. The van der Waals surface area contributed by atoms with Gasteiger partial charge >= 0.3 is 5.97 Å². The van der Waals surface area contributed by atoms with E-state index < -0.39 is 0 Å². The average molecular weight is 257 g/mol. The monoisotopic (exact) mass is 256 g/mol. The summed E-state index contributed by atoms with van der Waals surface area (Å²) < 4.78 is 4.83. The van der Waals surface area contributed by atoms with Crippen LogP contribution >= 0.6 is 12.4 Å². The molecule has 0 unspecified atom stereocenters. The van der Waals surface area contributed by atoms with Crippen molar-refractivity contribution in [1.82, 2.24) is 0 Å². The van der Waals surface area contributed by atoms with Gasteiger partial charge in [-0.1, -0.05) is 24.3 Å². The van der Waals surface area contributed by atoms with Crippen molar-refractivity contribution >= 4 is 24.2 Å². The lowest BCUT2D eigenvalue weighted by Crippen LogP contribution is -2.10. The molecule has 1 rings (SSSR count). The summed E-state index contributed by atoms with van der Waals surface area (Å²) in [7, 11) is 0. The second kappa shape index (κ2) is 7.68. The molecule has 0 aromatic heterocycles. The number of carbonyl (C=O) groups is 1. The molecule has 0 heterocycles. The van der Waals surface area contributed by atoms with E-state index in [0.717, 1.165) is 5.56 Å². The lowest BCUT2D eigenvalue weighted by molar-refractivity contribution is -0.143. The van der Waals surface area contributed by atoms with Gasteiger partial charge in [0.15, 0.2) is 0 Å². The molecule has 17 heavy (non-hydrogen) atoms. The molecule has 4 nitrogen and oxygen atoms in total. The molecular formula is C12H17ClN2O2. The van der Waals surface area contributed by atoms with Crippen molar-refractivity contribution in [3.8, 4) is 0 Å². The van der Waals surface area contributed by atoms with Crippen molar-refractivity contribution in [2.75, 3.05) is 6.61 Å². The van der Waals surface area contributed by atoms with Crippen LogP contribution in [0.25, 0.3) is 0 Å². The first-order valence-corrected chi connectivity index (χ1v) is 5.22. The van der Waals surface area contributed by atoms with Crippen LogP contribution in [0.4, 0.5) is 0 Å². The molecule has 5 heteroatoms. The number of halogens is 1. The summed E-state index contributed by atoms with van der Waals surface area (Å²) >= 11 is 0. The Labute approximate surface area is 107 Å². The first kappa shape index (κ1) is 15.4. The Morgan fingerprint density at radius 3 is 2.41 bits per heavy atom. The van der Waals surface area contributed by atoms with Gasteiger partial charge in [-0.05, 0) is 18.9 Å². The van der Waals surface area contributed by atoms with Gasteiger partial charge in [0.05, 0.1) is 6.61 Å². The van der Waals surface area contributed by atoms with Crippen molar-refractivity contribution in [2.45, 2.75) is 19.8 Å². The third-order valence-corrected chi connectivity index (χ3v) is 2.19. The topological polar surface area (TPSA) is 76.2 Å². The molecule has 0 saturated heterocycles. The minimum absolute atomic E-state index is 0. The van der Waals surface area contributed by atoms with Crippen LogP contribution in [0, 0.1) is 5.41 Å². The largest absolute Gasteiger partial charge is 0.466 e. The number of amidine groups is 1. The quantitative estimate of drug-likeness (QED) is 0.480. The minimum atomic E-state index is -0.182. The number of nitrogens with one attached hydrogen (secondary N) is 1. The molecule has 0 amide bonds. The highest BCUT2D eigenvalue weighted by molar-refractivity contribution is 5.94. The summed E-state index contributed by atoms with van der Waals surface area (Å²) in [6.07, 6.45) is 1.03. The molecule has 94 valence electrons. The number of nitrogen functional groups attached to an aromatic ring is 1. The molecule has 0 saturated carbocycles. The van der Waals surface area contributed by atoms with Gasteiger partial charge in [0.25, 0.3) is 0 Å². The molecule has 0 spiro atoms. The van der Waals surface area contributed by atoms with E-state index in [1.807, 2.05) is 12.1 Å². The molecular weight excluding hydrogens is 240 g/mol. The van der Waals surface area contributed by atoms with E-state index >= 15 is 0 Å². The predicted octanol–water partition coefficient (Wildman–Crippen LogP) is 1.89. The summed E-state index contributed by atoms with van der Waals surface area (Å²) in [5.74, 6) is -0.130. The number of esters is 1. The summed E-state index contributed by atoms with van der Waals surface area (Å²) in [6.45, 7) is 2.21. The van der Waals surface area contributed by atoms with Crippen molar-refractivity contribution in [1.29, 1.82) is 5.41 Å². The summed E-state index contributed by atoms with van der Waals surface area (Å²) in [4.78, 5) is 11.1. The molecule has 0 aliphatic rings. The summed E-state index contributed by atoms with van der Waals surface area (Å²) in [6, 6.07) is 7.30. The van der Waals surface area contributed by atoms with Gasteiger partial charge in [-0.25, -0.2) is 0 Å². The highest BCUT2D eigenvalue weighted by Gasteiger charge is 2.03. The van der Waals surface area contributed by atoms with Crippen molar-refractivity contribution in [3.63, 3.8) is 0 Å². The Kier molecular flexibility index (Phi) is 6.98. The maximum Gasteiger partial charge on any atom is 0.306 e. The fourth-order valence-corrected chi connectivity index (χ4v) is 1.33. The molecule has 1 aromatic rings. The van der Waals surface area contributed by atoms with Gasteiger partial charge in [-0.2, -0.15) is 0 Å². The zero-order valence-electron chi connectivity index (χ0n) is 9.73. The number of carbonyl (C=O) groups excluding carboxylic acids is 1. The number of rotatable bonds is 5. The first-order valence-electron chi connectivity index (χ1n) is 5.22. The van der Waals surface area contributed by atoms with Crippen LogP contribution in [-0.4, -0.2) is 18.4 Å². The van der Waals surface area contributed by atoms with E-state index in [1.54, 1.807) is 19.1 Å². The van der Waals surface area contributed by atoms with E-state index in [0.29, 0.717) is 25.0 Å². The van der Waals surface area contributed by atoms with Crippen molar-refractivity contribution in [3.05, 3.63) is 35.4 Å². The fourth-order valence-electron chi connectivity index (χ4n) is 1.33. The van der Waals surface area contributed by atoms with Gasteiger partial charge in [0.1, 0.15) is 5.84 Å². The highest BCUT2D eigenvalue weighted by Crippen LogP contribution is 2.06.